The maximum atomic E-state index is 8.53. The first-order chi connectivity index (χ1) is 3.93. The van der Waals surface area contributed by atoms with Crippen LogP contribution in [0, 0.1) is 0 Å². The lowest BCUT2D eigenvalue weighted by Gasteiger charge is -2.10. The lowest BCUT2D eigenvalue weighted by atomic mass is 9.96. The first-order valence-corrected chi connectivity index (χ1v) is 3.25. The van der Waals surface area contributed by atoms with Gasteiger partial charge in [0.05, 0.1) is 6.26 Å². The fraction of sp³-hybridized carbons (Fsp3) is 0.714. The van der Waals surface area contributed by atoms with Crippen LogP contribution in [0.25, 0.3) is 0 Å². The van der Waals surface area contributed by atoms with Gasteiger partial charge in [-0.05, 0) is 31.3 Å². The van der Waals surface area contributed by atoms with Gasteiger partial charge in [-0.15, -0.1) is 0 Å². The average Bonchev–Trinajstić information content (AvgIpc) is 1.90. The number of aliphatic hydroxyl groups is 1. The Bertz CT molecular complexity index is 86.6. The monoisotopic (exact) mass is 112 g/mol. The van der Waals surface area contributed by atoms with Crippen molar-refractivity contribution in [1.82, 2.24) is 0 Å². The Hall–Kier alpha value is -0.460. The summed E-state index contributed by atoms with van der Waals surface area (Å²) in [5, 5.41) is 8.53. The minimum Gasteiger partial charge on any atom is -0.516 e. The third kappa shape index (κ3) is 1.25. The quantitative estimate of drug-likeness (QED) is 0.477. The lowest BCUT2D eigenvalue weighted by Crippen LogP contribution is -1.92. The van der Waals surface area contributed by atoms with Crippen LogP contribution in [0.2, 0.25) is 0 Å². The summed E-state index contributed by atoms with van der Waals surface area (Å²) in [7, 11) is 0. The van der Waals surface area contributed by atoms with E-state index in [4.69, 9.17) is 5.11 Å². The van der Waals surface area contributed by atoms with Crippen molar-refractivity contribution in [3.8, 4) is 0 Å². The minimum atomic E-state index is 1.12. The summed E-state index contributed by atoms with van der Waals surface area (Å²) >= 11 is 0. The number of aliphatic hydroxyl groups excluding tert-OH is 1. The molecule has 0 saturated heterocycles. The van der Waals surface area contributed by atoms with Gasteiger partial charge in [-0.2, -0.15) is 0 Å². The fourth-order valence-corrected chi connectivity index (χ4v) is 1.14. The second kappa shape index (κ2) is 2.75. The van der Waals surface area contributed by atoms with Crippen molar-refractivity contribution >= 4 is 0 Å². The van der Waals surface area contributed by atoms with E-state index in [1.807, 2.05) is 0 Å². The molecule has 1 heteroatoms. The van der Waals surface area contributed by atoms with Crippen LogP contribution in [0.1, 0.15) is 32.1 Å². The summed E-state index contributed by atoms with van der Waals surface area (Å²) in [6, 6.07) is 0. The Morgan fingerprint density at radius 2 is 1.75 bits per heavy atom. The molecule has 0 atom stereocenters. The molecule has 1 nitrogen and oxygen atoms in total. The summed E-state index contributed by atoms with van der Waals surface area (Å²) in [4.78, 5) is 0. The summed E-state index contributed by atoms with van der Waals surface area (Å²) < 4.78 is 0. The molecule has 0 spiro atoms. The highest BCUT2D eigenvalue weighted by Gasteiger charge is 2.03. The summed E-state index contributed by atoms with van der Waals surface area (Å²) in [6.45, 7) is 0. The molecule has 0 unspecified atom stereocenters. The van der Waals surface area contributed by atoms with Crippen molar-refractivity contribution in [3.05, 3.63) is 11.8 Å². The van der Waals surface area contributed by atoms with Gasteiger partial charge in [0, 0.05) is 0 Å². The van der Waals surface area contributed by atoms with E-state index in [1.54, 1.807) is 0 Å². The van der Waals surface area contributed by atoms with Crippen LogP contribution in [-0.2, 0) is 0 Å². The molecule has 1 saturated carbocycles. The minimum absolute atomic E-state index is 1.12. The van der Waals surface area contributed by atoms with Crippen LogP contribution in [0.4, 0.5) is 0 Å². The van der Waals surface area contributed by atoms with Gasteiger partial charge in [0.2, 0.25) is 0 Å². The Morgan fingerprint density at radius 3 is 2.12 bits per heavy atom. The summed E-state index contributed by atoms with van der Waals surface area (Å²) in [5.74, 6) is 0. The molecule has 1 rings (SSSR count). The molecule has 0 heterocycles. The van der Waals surface area contributed by atoms with E-state index in [0.717, 1.165) is 12.8 Å². The van der Waals surface area contributed by atoms with Gasteiger partial charge in [0.15, 0.2) is 0 Å². The molecular weight excluding hydrogens is 100 g/mol. The van der Waals surface area contributed by atoms with Crippen molar-refractivity contribution < 1.29 is 5.11 Å². The molecule has 0 aromatic rings. The summed E-state index contributed by atoms with van der Waals surface area (Å²) in [5.41, 5.74) is 1.23. The van der Waals surface area contributed by atoms with Crippen LogP contribution in [-0.4, -0.2) is 5.11 Å². The van der Waals surface area contributed by atoms with E-state index in [9.17, 15) is 0 Å². The number of allylic oxidation sites excluding steroid dienone is 1. The Kier molecular flexibility index (Phi) is 1.95. The third-order valence-corrected chi connectivity index (χ3v) is 1.68. The molecular formula is C7H12O. The highest BCUT2D eigenvalue weighted by atomic mass is 16.2. The molecule has 0 radical (unpaired) electrons. The van der Waals surface area contributed by atoms with E-state index in [2.05, 4.69) is 0 Å². The number of hydrogen-bond acceptors (Lipinski definition) is 1. The Morgan fingerprint density at radius 1 is 1.12 bits per heavy atom. The largest absolute Gasteiger partial charge is 0.516 e. The zero-order chi connectivity index (χ0) is 5.82. The molecule has 0 aliphatic heterocycles. The molecule has 8 heavy (non-hydrogen) atoms. The van der Waals surface area contributed by atoms with Crippen molar-refractivity contribution in [2.75, 3.05) is 0 Å². The molecule has 0 amide bonds. The van der Waals surface area contributed by atoms with Crippen molar-refractivity contribution in [2.24, 2.45) is 0 Å². The molecule has 1 N–H and O–H groups in total. The van der Waals surface area contributed by atoms with E-state index in [0.29, 0.717) is 0 Å². The predicted molar refractivity (Wildman–Crippen MR) is 33.8 cm³/mol. The van der Waals surface area contributed by atoms with Gasteiger partial charge in [-0.1, -0.05) is 6.42 Å². The van der Waals surface area contributed by atoms with E-state index in [1.165, 1.54) is 31.1 Å². The molecule has 1 fully saturated rings. The van der Waals surface area contributed by atoms with Crippen LogP contribution in [0.15, 0.2) is 11.8 Å². The summed E-state index contributed by atoms with van der Waals surface area (Å²) in [6.07, 6.45) is 7.41. The third-order valence-electron chi connectivity index (χ3n) is 1.68. The molecule has 46 valence electrons. The van der Waals surface area contributed by atoms with Crippen molar-refractivity contribution in [1.29, 1.82) is 0 Å². The second-order valence-electron chi connectivity index (χ2n) is 2.35. The second-order valence-corrected chi connectivity index (χ2v) is 2.35. The van der Waals surface area contributed by atoms with Crippen LogP contribution in [0.3, 0.4) is 0 Å². The highest BCUT2D eigenvalue weighted by Crippen LogP contribution is 2.21. The SMILES string of the molecule is OC=C1CCCCC1. The van der Waals surface area contributed by atoms with Gasteiger partial charge in [0.25, 0.3) is 0 Å². The standard InChI is InChI=1S/C7H12O/c8-6-7-4-2-1-3-5-7/h6,8H,1-5H2. The first-order valence-electron chi connectivity index (χ1n) is 3.25. The van der Waals surface area contributed by atoms with Crippen LogP contribution >= 0.6 is 0 Å². The molecule has 1 aliphatic rings. The highest BCUT2D eigenvalue weighted by molar-refractivity contribution is 4.99. The van der Waals surface area contributed by atoms with Crippen molar-refractivity contribution in [2.45, 2.75) is 32.1 Å². The average molecular weight is 112 g/mol. The van der Waals surface area contributed by atoms with Gasteiger partial charge in [-0.25, -0.2) is 0 Å². The van der Waals surface area contributed by atoms with Gasteiger partial charge < -0.3 is 5.11 Å². The van der Waals surface area contributed by atoms with Gasteiger partial charge in [-0.3, -0.25) is 0 Å². The maximum absolute atomic E-state index is 8.53. The van der Waals surface area contributed by atoms with Crippen molar-refractivity contribution in [3.63, 3.8) is 0 Å². The van der Waals surface area contributed by atoms with Gasteiger partial charge in [0.1, 0.15) is 0 Å². The van der Waals surface area contributed by atoms with Gasteiger partial charge >= 0.3 is 0 Å². The zero-order valence-electron chi connectivity index (χ0n) is 5.06. The molecule has 0 aromatic heterocycles. The smallest absolute Gasteiger partial charge is 0.0783 e. The van der Waals surface area contributed by atoms with E-state index < -0.39 is 0 Å². The zero-order valence-corrected chi connectivity index (χ0v) is 5.06. The lowest BCUT2D eigenvalue weighted by molar-refractivity contribution is 0.450. The number of hydrogen-bond donors (Lipinski definition) is 1. The fourth-order valence-electron chi connectivity index (χ4n) is 1.14. The van der Waals surface area contributed by atoms with Crippen LogP contribution in [0.5, 0.6) is 0 Å². The molecule has 0 aromatic carbocycles. The Balaban J connectivity index is 2.33. The normalized spacial score (nSPS) is 20.8. The molecule has 1 aliphatic carbocycles. The van der Waals surface area contributed by atoms with E-state index >= 15 is 0 Å². The van der Waals surface area contributed by atoms with Crippen LogP contribution < -0.4 is 0 Å². The molecule has 0 bridgehead atoms. The topological polar surface area (TPSA) is 20.2 Å². The van der Waals surface area contributed by atoms with E-state index in [-0.39, 0.29) is 0 Å². The maximum Gasteiger partial charge on any atom is 0.0783 e. The first kappa shape index (κ1) is 5.67. The number of rotatable bonds is 0. The Labute approximate surface area is 50.0 Å². The predicted octanol–water partition coefficient (Wildman–Crippen LogP) is 2.39.